The van der Waals surface area contributed by atoms with Gasteiger partial charge in [-0.25, -0.2) is 0 Å². The summed E-state index contributed by atoms with van der Waals surface area (Å²) in [5.74, 6) is 2.44. The summed E-state index contributed by atoms with van der Waals surface area (Å²) < 4.78 is 0. The zero-order valence-corrected chi connectivity index (χ0v) is 16.1. The Morgan fingerprint density at radius 2 is 1.73 bits per heavy atom. The molecule has 0 radical (unpaired) electrons. The number of hydrogen-bond acceptors (Lipinski definition) is 2. The zero-order chi connectivity index (χ0) is 18.5. The van der Waals surface area contributed by atoms with E-state index in [0.717, 1.165) is 32.4 Å². The molecule has 1 aromatic rings. The third kappa shape index (κ3) is 3.04. The summed E-state index contributed by atoms with van der Waals surface area (Å²) in [6.07, 6.45) is 3.15. The van der Waals surface area contributed by atoms with Crippen molar-refractivity contribution in [3.63, 3.8) is 0 Å². The van der Waals surface area contributed by atoms with Crippen molar-refractivity contribution in [1.29, 1.82) is 0 Å². The molecule has 1 aromatic carbocycles. The number of carbonyl (C=O) groups is 2. The number of piperidine rings is 1. The summed E-state index contributed by atoms with van der Waals surface area (Å²) in [6, 6.07) is 9.04. The molecule has 0 aromatic heterocycles. The number of nitrogens with zero attached hydrogens (tertiary/aromatic N) is 1. The highest BCUT2D eigenvalue weighted by molar-refractivity contribution is 5.82. The first kappa shape index (κ1) is 17.6. The van der Waals surface area contributed by atoms with E-state index in [2.05, 4.69) is 48.3 Å². The molecule has 1 N–H and O–H groups in total. The van der Waals surface area contributed by atoms with E-state index in [-0.39, 0.29) is 17.4 Å². The Labute approximate surface area is 156 Å². The summed E-state index contributed by atoms with van der Waals surface area (Å²) in [5, 5.41) is 3.06. The van der Waals surface area contributed by atoms with E-state index in [1.807, 2.05) is 6.92 Å². The largest absolute Gasteiger partial charge is 0.351 e. The fourth-order valence-corrected chi connectivity index (χ4v) is 5.16. The van der Waals surface area contributed by atoms with Gasteiger partial charge in [-0.3, -0.25) is 9.59 Å². The molecule has 4 heteroatoms. The van der Waals surface area contributed by atoms with Crippen LogP contribution in [0.5, 0.6) is 0 Å². The first-order valence-corrected chi connectivity index (χ1v) is 10.1. The lowest BCUT2D eigenvalue weighted by Crippen LogP contribution is -2.58. The fourth-order valence-electron chi connectivity index (χ4n) is 5.16. The average molecular weight is 354 g/mol. The van der Waals surface area contributed by atoms with Crippen LogP contribution in [0.4, 0.5) is 0 Å². The number of carbonyl (C=O) groups excluding carboxylic acids is 2. The maximum absolute atomic E-state index is 12.8. The highest BCUT2D eigenvalue weighted by Gasteiger charge is 2.58. The van der Waals surface area contributed by atoms with E-state index in [4.69, 9.17) is 0 Å². The Kier molecular flexibility index (Phi) is 4.32. The van der Waals surface area contributed by atoms with Crippen LogP contribution in [0.2, 0.25) is 0 Å². The predicted molar refractivity (Wildman–Crippen MR) is 102 cm³/mol. The number of hydrogen-bond donors (Lipinski definition) is 1. The molecule has 0 spiro atoms. The van der Waals surface area contributed by atoms with Crippen molar-refractivity contribution >= 4 is 11.8 Å². The second kappa shape index (κ2) is 6.40. The Hall–Kier alpha value is -1.84. The quantitative estimate of drug-likeness (QED) is 0.883. The van der Waals surface area contributed by atoms with Crippen LogP contribution in [0, 0.1) is 17.8 Å². The minimum absolute atomic E-state index is 0.0812. The van der Waals surface area contributed by atoms with Crippen molar-refractivity contribution in [2.75, 3.05) is 13.1 Å². The van der Waals surface area contributed by atoms with Crippen LogP contribution in [0.15, 0.2) is 24.3 Å². The maximum Gasteiger partial charge on any atom is 0.225 e. The molecule has 26 heavy (non-hydrogen) atoms. The topological polar surface area (TPSA) is 49.4 Å². The molecule has 4 nitrogen and oxygen atoms in total. The summed E-state index contributed by atoms with van der Waals surface area (Å²) in [7, 11) is 0. The summed E-state index contributed by atoms with van der Waals surface area (Å²) in [4.78, 5) is 26.5. The van der Waals surface area contributed by atoms with Crippen molar-refractivity contribution in [3.8, 4) is 0 Å². The zero-order valence-electron chi connectivity index (χ0n) is 16.1. The minimum atomic E-state index is -0.181. The predicted octanol–water partition coefficient (Wildman–Crippen LogP) is 3.12. The van der Waals surface area contributed by atoms with Gasteiger partial charge in [-0.15, -0.1) is 0 Å². The number of rotatable bonds is 5. The number of fused-ring (bicyclic) bond motifs is 1. The third-order valence-electron chi connectivity index (χ3n) is 6.78. The molecule has 1 heterocycles. The number of likely N-dealkylation sites (tertiary alicyclic amines) is 1. The fraction of sp³-hybridized carbons (Fsp3) is 0.636. The molecule has 2 aliphatic carbocycles. The first-order valence-electron chi connectivity index (χ1n) is 10.1. The summed E-state index contributed by atoms with van der Waals surface area (Å²) >= 11 is 0. The maximum atomic E-state index is 12.8. The van der Waals surface area contributed by atoms with E-state index in [1.54, 1.807) is 0 Å². The number of benzene rings is 1. The van der Waals surface area contributed by atoms with Gasteiger partial charge < -0.3 is 10.2 Å². The molecule has 0 unspecified atom stereocenters. The lowest BCUT2D eigenvalue weighted by molar-refractivity contribution is -0.142. The van der Waals surface area contributed by atoms with Crippen molar-refractivity contribution in [2.24, 2.45) is 17.8 Å². The molecule has 3 aliphatic rings. The lowest BCUT2D eigenvalue weighted by Gasteiger charge is -2.46. The smallest absolute Gasteiger partial charge is 0.225 e. The highest BCUT2D eigenvalue weighted by Crippen LogP contribution is 2.58. The average Bonchev–Trinajstić information content (AvgIpc) is 3.11. The van der Waals surface area contributed by atoms with Gasteiger partial charge in [0.2, 0.25) is 11.8 Å². The summed E-state index contributed by atoms with van der Waals surface area (Å²) in [5.41, 5.74) is 2.65. The van der Waals surface area contributed by atoms with Crippen LogP contribution >= 0.6 is 0 Å². The monoisotopic (exact) mass is 354 g/mol. The van der Waals surface area contributed by atoms with Crippen molar-refractivity contribution < 1.29 is 9.59 Å². The van der Waals surface area contributed by atoms with E-state index in [9.17, 15) is 9.59 Å². The molecular weight excluding hydrogens is 324 g/mol. The van der Waals surface area contributed by atoms with E-state index in [0.29, 0.717) is 30.1 Å². The standard InChI is InChI=1S/C22H30N2O2/c1-4-14-6-8-15(9-7-14)20-17-12-24(13-18(17)20)21(26)16-10-22(3,11-16)23-19(25)5-2/h6-9,16-18,20H,4-5,10-13H2,1-3H3,(H,23,25)/t16-,17-,18+,20+,22+. The third-order valence-corrected chi connectivity index (χ3v) is 6.78. The van der Waals surface area contributed by atoms with Crippen molar-refractivity contribution in [2.45, 2.75) is 57.9 Å². The molecule has 140 valence electrons. The van der Waals surface area contributed by atoms with Crippen LogP contribution in [0.3, 0.4) is 0 Å². The first-order chi connectivity index (χ1) is 12.4. The number of amides is 2. The van der Waals surface area contributed by atoms with Crippen LogP contribution in [0.25, 0.3) is 0 Å². The normalized spacial score (nSPS) is 34.8. The van der Waals surface area contributed by atoms with Gasteiger partial charge in [-0.05, 0) is 55.1 Å². The second-order valence-electron chi connectivity index (χ2n) is 8.76. The van der Waals surface area contributed by atoms with Crippen LogP contribution in [-0.4, -0.2) is 35.3 Å². The van der Waals surface area contributed by atoms with Crippen LogP contribution in [-0.2, 0) is 16.0 Å². The molecule has 1 aliphatic heterocycles. The van der Waals surface area contributed by atoms with E-state index >= 15 is 0 Å². The van der Waals surface area contributed by atoms with Crippen molar-refractivity contribution in [1.82, 2.24) is 10.2 Å². The van der Waals surface area contributed by atoms with E-state index in [1.165, 1.54) is 11.1 Å². The van der Waals surface area contributed by atoms with Crippen molar-refractivity contribution in [3.05, 3.63) is 35.4 Å². The molecule has 3 atom stereocenters. The summed E-state index contributed by atoms with van der Waals surface area (Å²) in [6.45, 7) is 7.93. The Balaban J connectivity index is 1.28. The minimum Gasteiger partial charge on any atom is -0.351 e. The van der Waals surface area contributed by atoms with Crippen LogP contribution in [0.1, 0.15) is 57.1 Å². The van der Waals surface area contributed by atoms with Gasteiger partial charge >= 0.3 is 0 Å². The number of nitrogens with one attached hydrogen (secondary N) is 1. The highest BCUT2D eigenvalue weighted by atomic mass is 16.2. The molecule has 4 rings (SSSR count). The van der Waals surface area contributed by atoms with E-state index < -0.39 is 0 Å². The molecular formula is C22H30N2O2. The second-order valence-corrected chi connectivity index (χ2v) is 8.76. The molecule has 3 fully saturated rings. The van der Waals surface area contributed by atoms with Gasteiger partial charge in [0.1, 0.15) is 0 Å². The van der Waals surface area contributed by atoms with Gasteiger partial charge in [-0.2, -0.15) is 0 Å². The van der Waals surface area contributed by atoms with Gasteiger partial charge in [0.05, 0.1) is 0 Å². The molecule has 2 amide bonds. The molecule has 2 saturated carbocycles. The molecule has 0 bridgehead atoms. The Bertz CT molecular complexity index is 693. The van der Waals surface area contributed by atoms with Gasteiger partial charge in [0, 0.05) is 31.0 Å². The van der Waals surface area contributed by atoms with Gasteiger partial charge in [0.15, 0.2) is 0 Å². The number of aryl methyl sites for hydroxylation is 1. The van der Waals surface area contributed by atoms with Gasteiger partial charge in [0.25, 0.3) is 0 Å². The molecule has 1 saturated heterocycles. The SMILES string of the molecule is CCC(=O)N[C@]1(C)C[C@H](C(=O)N2C[C@@H]3[C@H](C2)[C@H]3c2ccc(CC)cc2)C1. The lowest BCUT2D eigenvalue weighted by atomic mass is 9.68. The Morgan fingerprint density at radius 1 is 1.12 bits per heavy atom. The van der Waals surface area contributed by atoms with Gasteiger partial charge in [-0.1, -0.05) is 38.1 Å². The van der Waals surface area contributed by atoms with Crippen LogP contribution < -0.4 is 5.32 Å². The Morgan fingerprint density at radius 3 is 2.27 bits per heavy atom.